The Kier molecular flexibility index (Phi) is 7.00. The van der Waals surface area contributed by atoms with Gasteiger partial charge in [0.1, 0.15) is 18.0 Å². The SMILES string of the molecule is CC1(O)CCN(c2cc(-c3cnc(/C=C\C(=N)C(F)F)[nH]3)ncn2)CC1CNS(C)(=O)=O. The Balaban J connectivity index is 1.75. The molecule has 1 aliphatic rings. The quantitative estimate of drug-likeness (QED) is 0.426. The van der Waals surface area contributed by atoms with Crippen LogP contribution in [0.15, 0.2) is 24.7 Å². The number of nitrogens with one attached hydrogen (secondary N) is 3. The summed E-state index contributed by atoms with van der Waals surface area (Å²) in [6.45, 7) is 2.70. The van der Waals surface area contributed by atoms with Crippen LogP contribution < -0.4 is 9.62 Å². The Bertz CT molecular complexity index is 1100. The van der Waals surface area contributed by atoms with Gasteiger partial charge in [-0.2, -0.15) is 0 Å². The van der Waals surface area contributed by atoms with Crippen molar-refractivity contribution in [2.45, 2.75) is 25.4 Å². The molecule has 1 saturated heterocycles. The van der Waals surface area contributed by atoms with Crippen LogP contribution in [0.5, 0.6) is 0 Å². The first kappa shape index (κ1) is 23.9. The molecule has 0 aromatic carbocycles. The fourth-order valence-electron chi connectivity index (χ4n) is 3.32. The highest BCUT2D eigenvalue weighted by atomic mass is 32.2. The van der Waals surface area contributed by atoms with Crippen LogP contribution >= 0.6 is 0 Å². The third-order valence-electron chi connectivity index (χ3n) is 5.30. The van der Waals surface area contributed by atoms with Gasteiger partial charge in [-0.25, -0.2) is 36.9 Å². The van der Waals surface area contributed by atoms with E-state index in [1.54, 1.807) is 13.0 Å². The van der Waals surface area contributed by atoms with E-state index in [0.29, 0.717) is 42.5 Å². The molecule has 2 aromatic heterocycles. The highest BCUT2D eigenvalue weighted by Crippen LogP contribution is 2.30. The number of H-pyrrole nitrogens is 1. The predicted molar refractivity (Wildman–Crippen MR) is 116 cm³/mol. The van der Waals surface area contributed by atoms with E-state index in [-0.39, 0.29) is 12.5 Å². The second kappa shape index (κ2) is 9.38. The van der Waals surface area contributed by atoms with E-state index >= 15 is 0 Å². The summed E-state index contributed by atoms with van der Waals surface area (Å²) in [5.41, 5.74) is -0.778. The van der Waals surface area contributed by atoms with Crippen molar-refractivity contribution in [1.82, 2.24) is 24.7 Å². The van der Waals surface area contributed by atoms with Crippen molar-refractivity contribution in [3.05, 3.63) is 30.5 Å². The second-order valence-corrected chi connectivity index (χ2v) is 9.74. The lowest BCUT2D eigenvalue weighted by molar-refractivity contribution is -0.0145. The Labute approximate surface area is 184 Å². The Morgan fingerprint density at radius 3 is 2.91 bits per heavy atom. The normalized spacial score (nSPS) is 22.1. The Morgan fingerprint density at radius 1 is 1.47 bits per heavy atom. The zero-order chi connectivity index (χ0) is 23.5. The first-order chi connectivity index (χ1) is 14.9. The van der Waals surface area contributed by atoms with E-state index in [0.717, 1.165) is 12.3 Å². The zero-order valence-electron chi connectivity index (χ0n) is 17.6. The van der Waals surface area contributed by atoms with Gasteiger partial charge < -0.3 is 15.0 Å². The Morgan fingerprint density at radius 2 is 2.22 bits per heavy atom. The molecule has 10 nitrogen and oxygen atoms in total. The topological polar surface area (TPSA) is 148 Å². The smallest absolute Gasteiger partial charge is 0.279 e. The molecule has 3 rings (SSSR count). The minimum atomic E-state index is -3.39. The van der Waals surface area contributed by atoms with Gasteiger partial charge in [0.05, 0.1) is 35.2 Å². The fraction of sp³-hybridized carbons (Fsp3) is 0.474. The van der Waals surface area contributed by atoms with E-state index in [2.05, 4.69) is 24.7 Å². The molecule has 2 atom stereocenters. The number of aliphatic hydroxyl groups is 1. The first-order valence-electron chi connectivity index (χ1n) is 9.78. The number of hydrogen-bond donors (Lipinski definition) is 4. The summed E-state index contributed by atoms with van der Waals surface area (Å²) < 4.78 is 50.2. The average molecular weight is 470 g/mol. The maximum Gasteiger partial charge on any atom is 0.279 e. The van der Waals surface area contributed by atoms with E-state index in [9.17, 15) is 22.3 Å². The van der Waals surface area contributed by atoms with Crippen LogP contribution in [0.1, 0.15) is 19.2 Å². The monoisotopic (exact) mass is 469 g/mol. The van der Waals surface area contributed by atoms with Gasteiger partial charge in [-0.05, 0) is 25.5 Å². The van der Waals surface area contributed by atoms with Crippen LogP contribution in [0.25, 0.3) is 17.5 Å². The number of imidazole rings is 1. The lowest BCUT2D eigenvalue weighted by Gasteiger charge is -2.43. The molecule has 174 valence electrons. The lowest BCUT2D eigenvalue weighted by atomic mass is 9.82. The van der Waals surface area contributed by atoms with Crippen molar-refractivity contribution in [2.24, 2.45) is 5.92 Å². The summed E-state index contributed by atoms with van der Waals surface area (Å²) in [4.78, 5) is 17.5. The molecule has 0 spiro atoms. The average Bonchev–Trinajstić information content (AvgIpc) is 3.19. The van der Waals surface area contributed by atoms with Crippen LogP contribution in [-0.4, -0.2) is 77.1 Å². The predicted octanol–water partition coefficient (Wildman–Crippen LogP) is 1.29. The van der Waals surface area contributed by atoms with E-state index in [4.69, 9.17) is 5.41 Å². The summed E-state index contributed by atoms with van der Waals surface area (Å²) in [6, 6.07) is 1.73. The summed E-state index contributed by atoms with van der Waals surface area (Å²) in [5.74, 6) is 0.547. The van der Waals surface area contributed by atoms with Crippen LogP contribution in [0.2, 0.25) is 0 Å². The summed E-state index contributed by atoms with van der Waals surface area (Å²) in [7, 11) is -3.39. The zero-order valence-corrected chi connectivity index (χ0v) is 18.4. The maximum absolute atomic E-state index is 12.4. The molecule has 0 amide bonds. The van der Waals surface area contributed by atoms with E-state index < -0.39 is 27.8 Å². The van der Waals surface area contributed by atoms with Crippen molar-refractivity contribution in [3.8, 4) is 11.4 Å². The second-order valence-electron chi connectivity index (χ2n) is 7.90. The third-order valence-corrected chi connectivity index (χ3v) is 6.00. The maximum atomic E-state index is 12.4. The molecule has 4 N–H and O–H groups in total. The minimum Gasteiger partial charge on any atom is -0.390 e. The molecule has 13 heteroatoms. The van der Waals surface area contributed by atoms with E-state index in [1.807, 2.05) is 4.90 Å². The number of aromatic amines is 1. The van der Waals surface area contributed by atoms with Gasteiger partial charge in [0.15, 0.2) is 0 Å². The van der Waals surface area contributed by atoms with Crippen LogP contribution in [0.4, 0.5) is 14.6 Å². The highest BCUT2D eigenvalue weighted by Gasteiger charge is 2.38. The number of alkyl halides is 2. The number of anilines is 1. The fourth-order valence-corrected chi connectivity index (χ4v) is 3.83. The van der Waals surface area contributed by atoms with E-state index in [1.165, 1.54) is 18.6 Å². The largest absolute Gasteiger partial charge is 0.390 e. The van der Waals surface area contributed by atoms with Gasteiger partial charge in [-0.3, -0.25) is 5.41 Å². The van der Waals surface area contributed by atoms with Crippen LogP contribution in [-0.2, 0) is 10.0 Å². The number of sulfonamides is 1. The molecular formula is C19H25F2N7O3S. The van der Waals surface area contributed by atoms with Crippen molar-refractivity contribution in [1.29, 1.82) is 5.41 Å². The standard InChI is InChI=1S/C19H25F2N7O3S/c1-19(29)5-6-28(10-12(19)8-26-32(2,30)31)17-7-14(24-11-25-17)15-9-23-16(27-15)4-3-13(22)18(20)21/h3-4,7,9,11-12,18,22,26,29H,5-6,8,10H2,1-2H3,(H,23,27)/b4-3-,22-13?. The molecule has 1 aliphatic heterocycles. The number of piperidine rings is 1. The summed E-state index contributed by atoms with van der Waals surface area (Å²) in [5, 5.41) is 17.8. The van der Waals surface area contributed by atoms with Crippen molar-refractivity contribution in [3.63, 3.8) is 0 Å². The molecule has 2 unspecified atom stereocenters. The minimum absolute atomic E-state index is 0.101. The summed E-state index contributed by atoms with van der Waals surface area (Å²) >= 11 is 0. The number of allylic oxidation sites excluding steroid dienone is 1. The molecule has 0 saturated carbocycles. The van der Waals surface area contributed by atoms with Gasteiger partial charge in [0.25, 0.3) is 6.43 Å². The van der Waals surface area contributed by atoms with Gasteiger partial charge in [0.2, 0.25) is 10.0 Å². The number of hydrogen-bond acceptors (Lipinski definition) is 8. The summed E-state index contributed by atoms with van der Waals surface area (Å²) in [6.07, 6.45) is 3.78. The van der Waals surface area contributed by atoms with Gasteiger partial charge in [-0.1, -0.05) is 0 Å². The number of aromatic nitrogens is 4. The first-order valence-corrected chi connectivity index (χ1v) is 11.7. The molecule has 3 heterocycles. The van der Waals surface area contributed by atoms with Crippen molar-refractivity contribution in [2.75, 3.05) is 30.8 Å². The van der Waals surface area contributed by atoms with Crippen molar-refractivity contribution >= 4 is 27.6 Å². The number of halogens is 2. The van der Waals surface area contributed by atoms with Gasteiger partial charge >= 0.3 is 0 Å². The molecule has 32 heavy (non-hydrogen) atoms. The Hall–Kier alpha value is -2.77. The molecular weight excluding hydrogens is 444 g/mol. The van der Waals surface area contributed by atoms with Crippen molar-refractivity contribution < 1.29 is 22.3 Å². The molecule has 2 aromatic rings. The molecule has 0 bridgehead atoms. The highest BCUT2D eigenvalue weighted by molar-refractivity contribution is 7.88. The molecule has 1 fully saturated rings. The third kappa shape index (κ3) is 6.14. The molecule has 0 aliphatic carbocycles. The van der Waals surface area contributed by atoms with Crippen LogP contribution in [0, 0.1) is 11.3 Å². The number of rotatable bonds is 8. The molecule has 0 radical (unpaired) electrons. The van der Waals surface area contributed by atoms with Crippen LogP contribution in [0.3, 0.4) is 0 Å². The van der Waals surface area contributed by atoms with Gasteiger partial charge in [-0.15, -0.1) is 0 Å². The van der Waals surface area contributed by atoms with Gasteiger partial charge in [0, 0.05) is 31.6 Å². The lowest BCUT2D eigenvalue weighted by Crippen LogP contribution is -2.54. The number of nitrogens with zero attached hydrogens (tertiary/aromatic N) is 4.